The summed E-state index contributed by atoms with van der Waals surface area (Å²) >= 11 is 0. The van der Waals surface area contributed by atoms with Gasteiger partial charge in [0.25, 0.3) is 0 Å². The van der Waals surface area contributed by atoms with E-state index in [4.69, 9.17) is 5.11 Å². The molecule has 0 aromatic rings. The maximum absolute atomic E-state index is 10.4. The lowest BCUT2D eigenvalue weighted by Gasteiger charge is -2.01. The smallest absolute Gasteiger partial charge is 0.308 e. The summed E-state index contributed by atoms with van der Waals surface area (Å²) < 4.78 is 0. The maximum Gasteiger partial charge on any atom is 0.308 e. The Hall–Kier alpha value is -1.19. The number of rotatable bonds is 1. The van der Waals surface area contributed by atoms with Crippen LogP contribution in [0.25, 0.3) is 0 Å². The number of carbonyl (C=O) groups is 1. The standard InChI is InChI=1S/C6H8N2O2/c9-6(10)5-2-1-3-7-8-4-5/h1,3,5H,2,4H2,(H,9,10). The van der Waals surface area contributed by atoms with Gasteiger partial charge in [0, 0.05) is 6.20 Å². The minimum Gasteiger partial charge on any atom is -0.481 e. The van der Waals surface area contributed by atoms with E-state index in [1.54, 1.807) is 6.08 Å². The van der Waals surface area contributed by atoms with Crippen molar-refractivity contribution >= 4 is 5.97 Å². The number of allylic oxidation sites excluding steroid dienone is 1. The quantitative estimate of drug-likeness (QED) is 0.591. The van der Waals surface area contributed by atoms with Crippen molar-refractivity contribution in [3.05, 3.63) is 12.3 Å². The molecule has 4 nitrogen and oxygen atoms in total. The Kier molecular flexibility index (Phi) is 2.15. The van der Waals surface area contributed by atoms with Gasteiger partial charge in [-0.2, -0.15) is 10.2 Å². The molecule has 0 bridgehead atoms. The Morgan fingerprint density at radius 3 is 3.20 bits per heavy atom. The van der Waals surface area contributed by atoms with Gasteiger partial charge in [-0.25, -0.2) is 0 Å². The van der Waals surface area contributed by atoms with Crippen molar-refractivity contribution in [2.75, 3.05) is 6.54 Å². The third-order valence-electron chi connectivity index (χ3n) is 1.33. The second kappa shape index (κ2) is 3.10. The van der Waals surface area contributed by atoms with E-state index in [2.05, 4.69) is 10.2 Å². The molecule has 1 N–H and O–H groups in total. The van der Waals surface area contributed by atoms with Gasteiger partial charge in [0.15, 0.2) is 0 Å². The summed E-state index contributed by atoms with van der Waals surface area (Å²) in [6, 6.07) is 0. The van der Waals surface area contributed by atoms with Crippen molar-refractivity contribution in [2.24, 2.45) is 16.1 Å². The van der Waals surface area contributed by atoms with Crippen LogP contribution >= 0.6 is 0 Å². The van der Waals surface area contributed by atoms with Crippen LogP contribution in [0.1, 0.15) is 6.42 Å². The predicted molar refractivity (Wildman–Crippen MR) is 34.6 cm³/mol. The van der Waals surface area contributed by atoms with E-state index >= 15 is 0 Å². The van der Waals surface area contributed by atoms with Crippen molar-refractivity contribution in [1.82, 2.24) is 0 Å². The van der Waals surface area contributed by atoms with Gasteiger partial charge in [0.2, 0.25) is 0 Å². The number of carboxylic acids is 1. The van der Waals surface area contributed by atoms with Crippen LogP contribution in [0.5, 0.6) is 0 Å². The van der Waals surface area contributed by atoms with E-state index in [1.165, 1.54) is 6.20 Å². The molecule has 0 spiro atoms. The molecule has 0 radical (unpaired) electrons. The number of nitrogens with zero attached hydrogens (tertiary/aromatic N) is 2. The van der Waals surface area contributed by atoms with Crippen LogP contribution < -0.4 is 0 Å². The van der Waals surface area contributed by atoms with Crippen LogP contribution in [0.3, 0.4) is 0 Å². The lowest BCUT2D eigenvalue weighted by Crippen LogP contribution is -2.15. The monoisotopic (exact) mass is 140 g/mol. The molecule has 4 heteroatoms. The lowest BCUT2D eigenvalue weighted by atomic mass is 10.1. The summed E-state index contributed by atoms with van der Waals surface area (Å²) in [6.07, 6.45) is 3.78. The fourth-order valence-electron chi connectivity index (χ4n) is 0.719. The summed E-state index contributed by atoms with van der Waals surface area (Å²) in [5.74, 6) is -1.19. The van der Waals surface area contributed by atoms with Gasteiger partial charge in [-0.05, 0) is 6.42 Å². The van der Waals surface area contributed by atoms with Crippen LogP contribution in [0, 0.1) is 5.92 Å². The molecule has 0 fully saturated rings. The zero-order valence-electron chi connectivity index (χ0n) is 5.40. The average Bonchev–Trinajstić information content (AvgIpc) is 2.12. The Morgan fingerprint density at radius 2 is 2.50 bits per heavy atom. The number of hydrogen-bond donors (Lipinski definition) is 1. The maximum atomic E-state index is 10.4. The van der Waals surface area contributed by atoms with E-state index < -0.39 is 5.97 Å². The first kappa shape index (κ1) is 6.92. The molecule has 0 aliphatic carbocycles. The van der Waals surface area contributed by atoms with E-state index in [0.29, 0.717) is 13.0 Å². The van der Waals surface area contributed by atoms with Crippen molar-refractivity contribution in [1.29, 1.82) is 0 Å². The summed E-state index contributed by atoms with van der Waals surface area (Å²) in [6.45, 7) is 0.294. The number of azo groups is 1. The van der Waals surface area contributed by atoms with Gasteiger partial charge in [0.05, 0.1) is 12.5 Å². The molecule has 0 saturated heterocycles. The molecule has 0 aromatic heterocycles. The van der Waals surface area contributed by atoms with Gasteiger partial charge >= 0.3 is 5.97 Å². The predicted octanol–water partition coefficient (Wildman–Crippen LogP) is 1.06. The van der Waals surface area contributed by atoms with Crippen molar-refractivity contribution in [3.63, 3.8) is 0 Å². The van der Waals surface area contributed by atoms with Gasteiger partial charge in [-0.15, -0.1) is 0 Å². The van der Waals surface area contributed by atoms with E-state index in [-0.39, 0.29) is 5.92 Å². The third kappa shape index (κ3) is 1.65. The fraction of sp³-hybridized carbons (Fsp3) is 0.500. The SMILES string of the molecule is O=C(O)C1CC=CN=NC1. The summed E-state index contributed by atoms with van der Waals surface area (Å²) in [4.78, 5) is 10.4. The highest BCUT2D eigenvalue weighted by molar-refractivity contribution is 5.70. The van der Waals surface area contributed by atoms with E-state index in [9.17, 15) is 4.79 Å². The van der Waals surface area contributed by atoms with Crippen LogP contribution in [0.4, 0.5) is 0 Å². The molecule has 0 saturated carbocycles. The summed E-state index contributed by atoms with van der Waals surface area (Å²) in [5.41, 5.74) is 0. The van der Waals surface area contributed by atoms with Crippen LogP contribution in [-0.2, 0) is 4.79 Å². The molecule has 1 unspecified atom stereocenters. The Labute approximate surface area is 58.3 Å². The average molecular weight is 140 g/mol. The molecule has 10 heavy (non-hydrogen) atoms. The van der Waals surface area contributed by atoms with Crippen LogP contribution in [-0.4, -0.2) is 17.6 Å². The normalized spacial score (nSPS) is 24.2. The minimum absolute atomic E-state index is 0.294. The molecule has 1 aliphatic heterocycles. The molecule has 1 aliphatic rings. The molecule has 0 aromatic carbocycles. The number of aliphatic carboxylic acids is 1. The molecule has 1 rings (SSSR count). The molecule has 54 valence electrons. The highest BCUT2D eigenvalue weighted by Crippen LogP contribution is 2.08. The Balaban J connectivity index is 2.55. The largest absolute Gasteiger partial charge is 0.481 e. The first-order valence-corrected chi connectivity index (χ1v) is 3.05. The van der Waals surface area contributed by atoms with E-state index in [1.807, 2.05) is 0 Å². The van der Waals surface area contributed by atoms with Gasteiger partial charge < -0.3 is 5.11 Å². The lowest BCUT2D eigenvalue weighted by molar-refractivity contribution is -0.141. The minimum atomic E-state index is -0.800. The molecular weight excluding hydrogens is 132 g/mol. The van der Waals surface area contributed by atoms with Gasteiger partial charge in [-0.3, -0.25) is 4.79 Å². The van der Waals surface area contributed by atoms with Crippen molar-refractivity contribution in [2.45, 2.75) is 6.42 Å². The number of hydrogen-bond acceptors (Lipinski definition) is 3. The molecule has 1 atom stereocenters. The van der Waals surface area contributed by atoms with Crippen molar-refractivity contribution < 1.29 is 9.90 Å². The second-order valence-electron chi connectivity index (χ2n) is 2.10. The second-order valence-corrected chi connectivity index (χ2v) is 2.10. The van der Waals surface area contributed by atoms with Crippen LogP contribution in [0.2, 0.25) is 0 Å². The first-order chi connectivity index (χ1) is 4.80. The highest BCUT2D eigenvalue weighted by atomic mass is 16.4. The summed E-state index contributed by atoms with van der Waals surface area (Å²) in [7, 11) is 0. The Morgan fingerprint density at radius 1 is 1.70 bits per heavy atom. The highest BCUT2D eigenvalue weighted by Gasteiger charge is 2.15. The molecular formula is C6H8N2O2. The number of carboxylic acid groups (broad SMARTS) is 1. The zero-order chi connectivity index (χ0) is 7.40. The van der Waals surface area contributed by atoms with Crippen molar-refractivity contribution in [3.8, 4) is 0 Å². The first-order valence-electron chi connectivity index (χ1n) is 3.05. The summed E-state index contributed by atoms with van der Waals surface area (Å²) in [5, 5.41) is 15.7. The topological polar surface area (TPSA) is 62.0 Å². The fourth-order valence-corrected chi connectivity index (χ4v) is 0.719. The van der Waals surface area contributed by atoms with E-state index in [0.717, 1.165) is 0 Å². The third-order valence-corrected chi connectivity index (χ3v) is 1.33. The Bertz CT molecular complexity index is 172. The molecule has 1 heterocycles. The van der Waals surface area contributed by atoms with Gasteiger partial charge in [-0.1, -0.05) is 6.08 Å². The van der Waals surface area contributed by atoms with Gasteiger partial charge in [0.1, 0.15) is 0 Å². The molecule has 0 amide bonds. The van der Waals surface area contributed by atoms with Crippen LogP contribution in [0.15, 0.2) is 22.5 Å². The zero-order valence-corrected chi connectivity index (χ0v) is 5.40.